The lowest BCUT2D eigenvalue weighted by Crippen LogP contribution is -2.53. The van der Waals surface area contributed by atoms with Crippen LogP contribution in [-0.2, 0) is 25.5 Å². The molecule has 1 heterocycles. The minimum Gasteiger partial charge on any atom is -0.494 e. The molecule has 12 heteroatoms. The molecule has 2 atom stereocenters. The number of aliphatic imine (C=N–C) groups is 1. The Morgan fingerprint density at radius 2 is 1.85 bits per heavy atom. The number of nitrogens with one attached hydrogen (secondary N) is 2. The molecule has 4 rings (SSSR count). The molecule has 0 saturated heterocycles. The number of benzene rings is 3. The molecule has 9 nitrogen and oxygen atoms in total. The number of rotatable bonds is 14. The second-order valence-electron chi connectivity index (χ2n) is 11.8. The molecule has 1 amide bonds. The fourth-order valence-corrected chi connectivity index (χ4v) is 5.40. The van der Waals surface area contributed by atoms with Crippen LogP contribution in [0.25, 0.3) is 0 Å². The summed E-state index contributed by atoms with van der Waals surface area (Å²) in [6.45, 7) is 5.95. The first-order valence-electron chi connectivity index (χ1n) is 15.0. The summed E-state index contributed by atoms with van der Waals surface area (Å²) in [6, 6.07) is 18.0. The normalized spacial score (nSPS) is 17.6. The quantitative estimate of drug-likeness (QED) is 0.107. The number of carbonyl (C=O) groups is 2. The Morgan fingerprint density at radius 3 is 2.52 bits per heavy atom. The highest BCUT2D eigenvalue weighted by atomic mass is 35.5. The van der Waals surface area contributed by atoms with E-state index < -0.39 is 29.1 Å². The molecular weight excluding hydrogens is 636 g/mol. The number of halogens is 3. The highest BCUT2D eigenvalue weighted by Crippen LogP contribution is 2.45. The van der Waals surface area contributed by atoms with E-state index in [0.29, 0.717) is 47.9 Å². The number of aliphatic hydroxyl groups excluding tert-OH is 1. The van der Waals surface area contributed by atoms with Crippen LogP contribution in [0.4, 0.5) is 4.39 Å². The second kappa shape index (κ2) is 15.7. The summed E-state index contributed by atoms with van der Waals surface area (Å²) in [4.78, 5) is 32.0. The standard InChI is InChI=1S/C34H38Cl2FN3O6/c1-33(2,3)46-29(42)14-16-34(32(43)40-38-17-15-22-6-4-7-25(37)20-22)30(27-13-10-24(35)21-28(27)36)45-31(39-34)23-8-11-26(12-9-23)44-19-5-18-41/h4,6-13,20-21,30,38,41H,5,14-19H2,1-3H3,(H,40,43)/t30-,34-/m0/s1. The molecule has 0 aliphatic carbocycles. The van der Waals surface area contributed by atoms with E-state index in [1.165, 1.54) is 12.1 Å². The Balaban J connectivity index is 1.67. The van der Waals surface area contributed by atoms with Crippen LogP contribution in [0.15, 0.2) is 71.7 Å². The molecule has 0 fully saturated rings. The zero-order valence-corrected chi connectivity index (χ0v) is 27.5. The summed E-state index contributed by atoms with van der Waals surface area (Å²) in [6.07, 6.45) is -0.331. The van der Waals surface area contributed by atoms with E-state index in [1.54, 1.807) is 75.4 Å². The summed E-state index contributed by atoms with van der Waals surface area (Å²) in [5.74, 6) is -0.667. The lowest BCUT2D eigenvalue weighted by Gasteiger charge is -2.31. The Bertz CT molecular complexity index is 1550. The molecule has 3 aromatic rings. The fraction of sp³-hybridized carbons (Fsp3) is 0.382. The van der Waals surface area contributed by atoms with Gasteiger partial charge >= 0.3 is 5.97 Å². The molecule has 1 aliphatic rings. The van der Waals surface area contributed by atoms with Crippen LogP contribution in [-0.4, -0.2) is 53.8 Å². The average molecular weight is 675 g/mol. The van der Waals surface area contributed by atoms with Crippen LogP contribution in [0.1, 0.15) is 62.8 Å². The van der Waals surface area contributed by atoms with E-state index in [1.807, 2.05) is 0 Å². The third-order valence-corrected chi connectivity index (χ3v) is 7.60. The third kappa shape index (κ3) is 9.42. The fourth-order valence-electron chi connectivity index (χ4n) is 4.90. The topological polar surface area (TPSA) is 118 Å². The van der Waals surface area contributed by atoms with Crippen LogP contribution in [0.2, 0.25) is 10.0 Å². The summed E-state index contributed by atoms with van der Waals surface area (Å²) >= 11 is 12.9. The Kier molecular flexibility index (Phi) is 12.0. The molecule has 0 saturated carbocycles. The highest BCUT2D eigenvalue weighted by molar-refractivity contribution is 6.35. The monoisotopic (exact) mass is 673 g/mol. The van der Waals surface area contributed by atoms with E-state index in [-0.39, 0.29) is 36.2 Å². The van der Waals surface area contributed by atoms with Gasteiger partial charge in [-0.3, -0.25) is 15.0 Å². The van der Waals surface area contributed by atoms with Crippen molar-refractivity contribution in [3.63, 3.8) is 0 Å². The van der Waals surface area contributed by atoms with Gasteiger partial charge in [0.15, 0.2) is 11.6 Å². The van der Waals surface area contributed by atoms with Crippen LogP contribution in [0.3, 0.4) is 0 Å². The molecule has 3 N–H and O–H groups in total. The van der Waals surface area contributed by atoms with Crippen LogP contribution in [0.5, 0.6) is 5.75 Å². The van der Waals surface area contributed by atoms with Crippen molar-refractivity contribution in [2.45, 2.75) is 63.7 Å². The maximum atomic E-state index is 14.2. The van der Waals surface area contributed by atoms with Gasteiger partial charge in [0.1, 0.15) is 17.2 Å². The summed E-state index contributed by atoms with van der Waals surface area (Å²) < 4.78 is 31.3. The minimum absolute atomic E-state index is 0.0183. The first kappa shape index (κ1) is 35.2. The van der Waals surface area contributed by atoms with Gasteiger partial charge in [0.2, 0.25) is 5.90 Å². The molecule has 1 aliphatic heterocycles. The minimum atomic E-state index is -1.66. The highest BCUT2D eigenvalue weighted by Gasteiger charge is 2.54. The zero-order chi connectivity index (χ0) is 33.3. The molecule has 0 bridgehead atoms. The predicted octanol–water partition coefficient (Wildman–Crippen LogP) is 6.14. The van der Waals surface area contributed by atoms with E-state index in [9.17, 15) is 14.0 Å². The van der Waals surface area contributed by atoms with E-state index >= 15 is 0 Å². The van der Waals surface area contributed by atoms with Crippen molar-refractivity contribution in [2.24, 2.45) is 4.99 Å². The van der Waals surface area contributed by atoms with Gasteiger partial charge in [-0.1, -0.05) is 41.4 Å². The number of hydrazine groups is 1. The van der Waals surface area contributed by atoms with Gasteiger partial charge in [-0.15, -0.1) is 0 Å². The number of carbonyl (C=O) groups excluding carboxylic acids is 2. The number of amides is 1. The molecule has 246 valence electrons. The van der Waals surface area contributed by atoms with Gasteiger partial charge in [-0.05, 0) is 87.7 Å². The van der Waals surface area contributed by atoms with Crippen molar-refractivity contribution in [3.05, 3.63) is 99.3 Å². The Morgan fingerprint density at radius 1 is 1.09 bits per heavy atom. The molecule has 3 aromatic carbocycles. The predicted molar refractivity (Wildman–Crippen MR) is 175 cm³/mol. The lowest BCUT2D eigenvalue weighted by molar-refractivity contribution is -0.155. The summed E-state index contributed by atoms with van der Waals surface area (Å²) in [5, 5.41) is 9.69. The Hall–Kier alpha value is -3.70. The maximum absolute atomic E-state index is 14.2. The van der Waals surface area contributed by atoms with Crippen molar-refractivity contribution in [3.8, 4) is 5.75 Å². The van der Waals surface area contributed by atoms with Crippen molar-refractivity contribution in [1.29, 1.82) is 0 Å². The van der Waals surface area contributed by atoms with Gasteiger partial charge in [-0.2, -0.15) is 0 Å². The van der Waals surface area contributed by atoms with Crippen LogP contribution >= 0.6 is 23.2 Å². The first-order valence-corrected chi connectivity index (χ1v) is 15.7. The average Bonchev–Trinajstić information content (AvgIpc) is 3.38. The molecule has 46 heavy (non-hydrogen) atoms. The van der Waals surface area contributed by atoms with Crippen LogP contribution in [0, 0.1) is 5.82 Å². The second-order valence-corrected chi connectivity index (χ2v) is 12.6. The van der Waals surface area contributed by atoms with Gasteiger partial charge in [0.05, 0.1) is 6.61 Å². The van der Waals surface area contributed by atoms with Gasteiger partial charge in [0.25, 0.3) is 5.91 Å². The summed E-state index contributed by atoms with van der Waals surface area (Å²) in [7, 11) is 0. The van der Waals surface area contributed by atoms with Crippen molar-refractivity contribution < 1.29 is 33.3 Å². The molecule has 0 radical (unpaired) electrons. The smallest absolute Gasteiger partial charge is 0.306 e. The number of hydrogen-bond acceptors (Lipinski definition) is 8. The van der Waals surface area contributed by atoms with Crippen molar-refractivity contribution in [1.82, 2.24) is 10.9 Å². The van der Waals surface area contributed by atoms with Gasteiger partial charge in [-0.25, -0.2) is 14.8 Å². The number of nitrogens with zero attached hydrogens (tertiary/aromatic N) is 1. The van der Waals surface area contributed by atoms with E-state index in [2.05, 4.69) is 10.9 Å². The summed E-state index contributed by atoms with van der Waals surface area (Å²) in [5.41, 5.74) is 5.02. The lowest BCUT2D eigenvalue weighted by atomic mass is 9.83. The zero-order valence-electron chi connectivity index (χ0n) is 25.9. The molecule has 0 spiro atoms. The van der Waals surface area contributed by atoms with Crippen molar-refractivity contribution >= 4 is 41.0 Å². The molecular formula is C34H38Cl2FN3O6. The van der Waals surface area contributed by atoms with Gasteiger partial charge < -0.3 is 19.3 Å². The number of esters is 1. The van der Waals surface area contributed by atoms with Gasteiger partial charge in [0, 0.05) is 47.2 Å². The van der Waals surface area contributed by atoms with E-state index in [4.69, 9.17) is 47.5 Å². The first-order chi connectivity index (χ1) is 21.9. The molecule has 0 unspecified atom stereocenters. The molecule has 0 aromatic heterocycles. The number of hydrogen-bond donors (Lipinski definition) is 3. The third-order valence-electron chi connectivity index (χ3n) is 7.03. The largest absolute Gasteiger partial charge is 0.494 e. The van der Waals surface area contributed by atoms with Crippen molar-refractivity contribution in [2.75, 3.05) is 19.8 Å². The SMILES string of the molecule is CC(C)(C)OC(=O)CC[C@]1(C(=O)NNCCc2cccc(F)c2)N=C(c2ccc(OCCCO)cc2)O[C@H]1c1ccc(Cl)cc1Cl. The number of ether oxygens (including phenoxy) is 3. The van der Waals surface area contributed by atoms with E-state index in [0.717, 1.165) is 5.56 Å². The Labute approximate surface area is 278 Å². The van der Waals surface area contributed by atoms with Crippen LogP contribution < -0.4 is 15.6 Å². The maximum Gasteiger partial charge on any atom is 0.306 e. The number of aliphatic hydroxyl groups is 1.